The number of nitrogens with zero attached hydrogens (tertiary/aromatic N) is 4. The standard InChI is InChI=1S/C24H24ClN5O2/c1-4-5-13-30-23(25)20(17(3)29-30)9-11-22(31)28-21-10-8-19(14-16(21)2)32-24-18(15-26)7-6-12-27-24/h6-12,14H,4-5,13H2,1-3H3,(H,28,31). The third-order valence-electron chi connectivity index (χ3n) is 4.80. The molecular weight excluding hydrogens is 426 g/mol. The molecule has 1 amide bonds. The van der Waals surface area contributed by atoms with Crippen molar-refractivity contribution in [1.82, 2.24) is 14.8 Å². The van der Waals surface area contributed by atoms with Crippen molar-refractivity contribution in [2.24, 2.45) is 0 Å². The molecule has 0 saturated carbocycles. The van der Waals surface area contributed by atoms with Crippen molar-refractivity contribution >= 4 is 29.3 Å². The molecule has 0 aliphatic rings. The van der Waals surface area contributed by atoms with Crippen molar-refractivity contribution in [2.75, 3.05) is 5.32 Å². The van der Waals surface area contributed by atoms with Gasteiger partial charge in [-0.2, -0.15) is 10.4 Å². The summed E-state index contributed by atoms with van der Waals surface area (Å²) in [5, 5.41) is 17.0. The van der Waals surface area contributed by atoms with Gasteiger partial charge in [0.2, 0.25) is 11.8 Å². The Morgan fingerprint density at radius 3 is 2.88 bits per heavy atom. The number of ether oxygens (including phenoxy) is 1. The number of anilines is 1. The molecule has 2 aromatic heterocycles. The molecule has 0 bridgehead atoms. The average molecular weight is 450 g/mol. The third kappa shape index (κ3) is 5.54. The van der Waals surface area contributed by atoms with E-state index in [4.69, 9.17) is 21.6 Å². The Bertz CT molecular complexity index is 1190. The van der Waals surface area contributed by atoms with Crippen LogP contribution in [-0.2, 0) is 11.3 Å². The van der Waals surface area contributed by atoms with Crippen LogP contribution in [0.2, 0.25) is 5.15 Å². The van der Waals surface area contributed by atoms with Gasteiger partial charge in [0.15, 0.2) is 0 Å². The molecular formula is C24H24ClN5O2. The predicted molar refractivity (Wildman–Crippen MR) is 125 cm³/mol. The van der Waals surface area contributed by atoms with E-state index in [0.29, 0.717) is 22.2 Å². The van der Waals surface area contributed by atoms with Crippen LogP contribution < -0.4 is 10.1 Å². The molecule has 7 nitrogen and oxygen atoms in total. The number of rotatable bonds is 8. The van der Waals surface area contributed by atoms with E-state index < -0.39 is 0 Å². The average Bonchev–Trinajstić information content (AvgIpc) is 3.05. The number of aromatic nitrogens is 3. The molecule has 0 atom stereocenters. The van der Waals surface area contributed by atoms with Gasteiger partial charge in [0.05, 0.1) is 5.69 Å². The maximum absolute atomic E-state index is 12.5. The van der Waals surface area contributed by atoms with Crippen molar-refractivity contribution in [2.45, 2.75) is 40.2 Å². The predicted octanol–water partition coefficient (Wildman–Crippen LogP) is 5.66. The largest absolute Gasteiger partial charge is 0.438 e. The second-order valence-electron chi connectivity index (χ2n) is 7.24. The van der Waals surface area contributed by atoms with E-state index in [1.807, 2.05) is 19.9 Å². The van der Waals surface area contributed by atoms with E-state index >= 15 is 0 Å². The molecule has 0 saturated heterocycles. The minimum Gasteiger partial charge on any atom is -0.438 e. The number of pyridine rings is 1. The topological polar surface area (TPSA) is 92.8 Å². The fraction of sp³-hybridized carbons (Fsp3) is 0.250. The van der Waals surface area contributed by atoms with Gasteiger partial charge < -0.3 is 10.1 Å². The summed E-state index contributed by atoms with van der Waals surface area (Å²) >= 11 is 6.42. The van der Waals surface area contributed by atoms with Gasteiger partial charge in [0.1, 0.15) is 22.5 Å². The first kappa shape index (κ1) is 23.0. The van der Waals surface area contributed by atoms with Gasteiger partial charge in [0, 0.05) is 30.1 Å². The van der Waals surface area contributed by atoms with Crippen LogP contribution >= 0.6 is 11.6 Å². The fourth-order valence-electron chi connectivity index (χ4n) is 3.05. The monoisotopic (exact) mass is 449 g/mol. The molecule has 1 N–H and O–H groups in total. The van der Waals surface area contributed by atoms with E-state index in [0.717, 1.165) is 36.2 Å². The summed E-state index contributed by atoms with van der Waals surface area (Å²) in [5.41, 5.74) is 3.32. The Labute approximate surface area is 192 Å². The number of nitriles is 1. The van der Waals surface area contributed by atoms with Crippen molar-refractivity contribution in [3.63, 3.8) is 0 Å². The zero-order valence-corrected chi connectivity index (χ0v) is 19.0. The number of aryl methyl sites for hydroxylation is 3. The zero-order valence-electron chi connectivity index (χ0n) is 18.2. The summed E-state index contributed by atoms with van der Waals surface area (Å²) < 4.78 is 7.48. The maximum Gasteiger partial charge on any atom is 0.248 e. The van der Waals surface area contributed by atoms with Gasteiger partial charge in [0.25, 0.3) is 0 Å². The Hall–Kier alpha value is -3.63. The van der Waals surface area contributed by atoms with Gasteiger partial charge in [-0.25, -0.2) is 4.98 Å². The Balaban J connectivity index is 1.68. The van der Waals surface area contributed by atoms with Crippen LogP contribution in [-0.4, -0.2) is 20.7 Å². The minimum absolute atomic E-state index is 0.237. The molecule has 8 heteroatoms. The summed E-state index contributed by atoms with van der Waals surface area (Å²) in [6.45, 7) is 6.58. The summed E-state index contributed by atoms with van der Waals surface area (Å²) in [6, 6.07) is 10.6. The second kappa shape index (κ2) is 10.6. The number of benzene rings is 1. The summed E-state index contributed by atoms with van der Waals surface area (Å²) in [7, 11) is 0. The van der Waals surface area contributed by atoms with Gasteiger partial charge in [-0.1, -0.05) is 24.9 Å². The molecule has 0 spiro atoms. The van der Waals surface area contributed by atoms with E-state index in [-0.39, 0.29) is 11.8 Å². The molecule has 0 aliphatic heterocycles. The summed E-state index contributed by atoms with van der Waals surface area (Å²) in [4.78, 5) is 16.5. The van der Waals surface area contributed by atoms with Gasteiger partial charge >= 0.3 is 0 Å². The van der Waals surface area contributed by atoms with Crippen LogP contribution in [0.4, 0.5) is 5.69 Å². The lowest BCUT2D eigenvalue weighted by Crippen LogP contribution is -2.09. The highest BCUT2D eigenvalue weighted by molar-refractivity contribution is 6.31. The Morgan fingerprint density at radius 1 is 1.34 bits per heavy atom. The van der Waals surface area contributed by atoms with E-state index in [1.165, 1.54) is 6.08 Å². The Kier molecular flexibility index (Phi) is 7.63. The normalized spacial score (nSPS) is 10.8. The van der Waals surface area contributed by atoms with E-state index in [1.54, 1.807) is 47.3 Å². The summed E-state index contributed by atoms with van der Waals surface area (Å²) in [6.07, 6.45) is 6.72. The van der Waals surface area contributed by atoms with Gasteiger partial charge in [-0.3, -0.25) is 9.48 Å². The van der Waals surface area contributed by atoms with Crippen molar-refractivity contribution in [3.05, 3.63) is 70.1 Å². The molecule has 164 valence electrons. The lowest BCUT2D eigenvalue weighted by Gasteiger charge is -2.10. The van der Waals surface area contributed by atoms with Crippen LogP contribution in [0.5, 0.6) is 11.6 Å². The molecule has 3 rings (SSSR count). The number of amides is 1. The Morgan fingerprint density at radius 2 is 2.16 bits per heavy atom. The molecule has 0 radical (unpaired) electrons. The van der Waals surface area contributed by atoms with Crippen LogP contribution in [0.25, 0.3) is 6.08 Å². The number of nitrogens with one attached hydrogen (secondary N) is 1. The smallest absolute Gasteiger partial charge is 0.248 e. The van der Waals surface area contributed by atoms with Crippen LogP contribution in [0.3, 0.4) is 0 Å². The zero-order chi connectivity index (χ0) is 23.1. The molecule has 3 aromatic rings. The number of carbonyl (C=O) groups excluding carboxylic acids is 1. The molecule has 32 heavy (non-hydrogen) atoms. The van der Waals surface area contributed by atoms with E-state index in [2.05, 4.69) is 22.3 Å². The number of hydrogen-bond donors (Lipinski definition) is 1. The fourth-order valence-corrected chi connectivity index (χ4v) is 3.38. The highest BCUT2D eigenvalue weighted by Crippen LogP contribution is 2.27. The minimum atomic E-state index is -0.282. The number of unbranched alkanes of at least 4 members (excludes halogenated alkanes) is 1. The van der Waals surface area contributed by atoms with Crippen LogP contribution in [0.15, 0.2) is 42.6 Å². The second-order valence-corrected chi connectivity index (χ2v) is 7.59. The third-order valence-corrected chi connectivity index (χ3v) is 5.19. The van der Waals surface area contributed by atoms with Crippen LogP contribution in [0, 0.1) is 25.2 Å². The highest BCUT2D eigenvalue weighted by atomic mass is 35.5. The van der Waals surface area contributed by atoms with E-state index in [9.17, 15) is 4.79 Å². The highest BCUT2D eigenvalue weighted by Gasteiger charge is 2.12. The lowest BCUT2D eigenvalue weighted by atomic mass is 10.2. The molecule has 1 aromatic carbocycles. The number of halogens is 1. The van der Waals surface area contributed by atoms with Crippen molar-refractivity contribution < 1.29 is 9.53 Å². The quantitative estimate of drug-likeness (QED) is 0.447. The van der Waals surface area contributed by atoms with Gasteiger partial charge in [-0.15, -0.1) is 0 Å². The first-order chi connectivity index (χ1) is 15.4. The molecule has 2 heterocycles. The lowest BCUT2D eigenvalue weighted by molar-refractivity contribution is -0.111. The van der Waals surface area contributed by atoms with Crippen molar-refractivity contribution in [3.8, 4) is 17.7 Å². The molecule has 0 aliphatic carbocycles. The first-order valence-corrected chi connectivity index (χ1v) is 10.7. The number of hydrogen-bond acceptors (Lipinski definition) is 5. The molecule has 0 fully saturated rings. The van der Waals surface area contributed by atoms with Gasteiger partial charge in [-0.05, 0) is 62.2 Å². The van der Waals surface area contributed by atoms with Crippen LogP contribution in [0.1, 0.15) is 42.1 Å². The maximum atomic E-state index is 12.5. The summed E-state index contributed by atoms with van der Waals surface area (Å²) in [5.74, 6) is 0.476. The first-order valence-electron chi connectivity index (χ1n) is 10.3. The SMILES string of the molecule is CCCCn1nc(C)c(C=CC(=O)Nc2ccc(Oc3ncccc3C#N)cc2C)c1Cl. The van der Waals surface area contributed by atoms with Crippen molar-refractivity contribution in [1.29, 1.82) is 5.26 Å². The number of carbonyl (C=O) groups is 1. The molecule has 0 unspecified atom stereocenters.